The van der Waals surface area contributed by atoms with Crippen LogP contribution in [0.15, 0.2) is 0 Å². The van der Waals surface area contributed by atoms with Crippen LogP contribution in [0.5, 0.6) is 0 Å². The Hall–Kier alpha value is -0.160. The highest BCUT2D eigenvalue weighted by Gasteiger charge is 2.45. The van der Waals surface area contributed by atoms with Gasteiger partial charge in [0.05, 0.1) is 12.1 Å². The van der Waals surface area contributed by atoms with Crippen LogP contribution in [0, 0.1) is 5.92 Å². The lowest BCUT2D eigenvalue weighted by atomic mass is 9.93. The zero-order chi connectivity index (χ0) is 13.0. The van der Waals surface area contributed by atoms with Gasteiger partial charge in [-0.1, -0.05) is 6.92 Å². The summed E-state index contributed by atoms with van der Waals surface area (Å²) in [5.74, 6) is 0.684. The summed E-state index contributed by atoms with van der Waals surface area (Å²) in [6.45, 7) is 9.04. The molecule has 0 amide bonds. The molecule has 0 bridgehead atoms. The normalized spacial score (nSPS) is 26.8. The van der Waals surface area contributed by atoms with Crippen molar-refractivity contribution in [1.82, 2.24) is 15.1 Å². The van der Waals surface area contributed by atoms with E-state index >= 15 is 0 Å². The Balaban J connectivity index is 1.94. The SMILES string of the molecule is CCNC(CO)(CN1CCCN(C)CC1)C1CC1. The molecule has 0 spiro atoms. The molecular formula is C14H29N3O. The van der Waals surface area contributed by atoms with Crippen LogP contribution in [0.4, 0.5) is 0 Å². The molecule has 1 unspecified atom stereocenters. The molecule has 106 valence electrons. The van der Waals surface area contributed by atoms with Gasteiger partial charge in [0.25, 0.3) is 0 Å². The molecule has 0 aromatic heterocycles. The number of nitrogens with zero attached hydrogens (tertiary/aromatic N) is 2. The van der Waals surface area contributed by atoms with E-state index in [0.29, 0.717) is 5.92 Å². The van der Waals surface area contributed by atoms with Crippen molar-refractivity contribution in [2.75, 3.05) is 52.9 Å². The first-order chi connectivity index (χ1) is 8.70. The summed E-state index contributed by atoms with van der Waals surface area (Å²) in [5.41, 5.74) is -0.0440. The smallest absolute Gasteiger partial charge is 0.0628 e. The van der Waals surface area contributed by atoms with Gasteiger partial charge >= 0.3 is 0 Å². The summed E-state index contributed by atoms with van der Waals surface area (Å²) in [5, 5.41) is 13.5. The van der Waals surface area contributed by atoms with Crippen LogP contribution in [0.3, 0.4) is 0 Å². The monoisotopic (exact) mass is 255 g/mol. The van der Waals surface area contributed by atoms with Crippen LogP contribution in [0.1, 0.15) is 26.2 Å². The van der Waals surface area contributed by atoms with Crippen molar-refractivity contribution in [2.45, 2.75) is 31.7 Å². The van der Waals surface area contributed by atoms with Crippen LogP contribution in [-0.4, -0.2) is 73.4 Å². The molecule has 4 heteroatoms. The van der Waals surface area contributed by atoms with Gasteiger partial charge in [-0.3, -0.25) is 0 Å². The second kappa shape index (κ2) is 6.33. The summed E-state index contributed by atoms with van der Waals surface area (Å²) >= 11 is 0. The molecule has 18 heavy (non-hydrogen) atoms. The maximum atomic E-state index is 9.87. The molecule has 0 aromatic carbocycles. The number of hydrogen-bond donors (Lipinski definition) is 2. The Kier molecular flexibility index (Phi) is 5.01. The van der Waals surface area contributed by atoms with Gasteiger partial charge in [0.2, 0.25) is 0 Å². The molecule has 1 aliphatic heterocycles. The Morgan fingerprint density at radius 3 is 2.61 bits per heavy atom. The van der Waals surface area contributed by atoms with Crippen molar-refractivity contribution >= 4 is 0 Å². The molecule has 1 aliphatic carbocycles. The Morgan fingerprint density at radius 2 is 2.00 bits per heavy atom. The van der Waals surface area contributed by atoms with Gasteiger partial charge in [-0.15, -0.1) is 0 Å². The van der Waals surface area contributed by atoms with E-state index in [9.17, 15) is 5.11 Å². The van der Waals surface area contributed by atoms with E-state index in [2.05, 4.69) is 29.1 Å². The average molecular weight is 255 g/mol. The van der Waals surface area contributed by atoms with Gasteiger partial charge in [-0.25, -0.2) is 0 Å². The third-order valence-corrected chi connectivity index (χ3v) is 4.49. The molecule has 1 saturated carbocycles. The standard InChI is InChI=1S/C14H29N3O/c1-3-15-14(12-18,13-5-6-13)11-17-8-4-7-16(2)9-10-17/h13,15,18H,3-12H2,1-2H3. The second-order valence-corrected chi connectivity index (χ2v) is 6.05. The molecule has 1 atom stereocenters. The molecule has 2 fully saturated rings. The zero-order valence-electron chi connectivity index (χ0n) is 12.0. The molecule has 2 N–H and O–H groups in total. The Labute approximate surface area is 111 Å². The number of aliphatic hydroxyl groups excluding tert-OH is 1. The third-order valence-electron chi connectivity index (χ3n) is 4.49. The van der Waals surface area contributed by atoms with Crippen molar-refractivity contribution in [3.8, 4) is 0 Å². The number of rotatable bonds is 6. The minimum absolute atomic E-state index is 0.0440. The van der Waals surface area contributed by atoms with E-state index < -0.39 is 0 Å². The highest BCUT2D eigenvalue weighted by molar-refractivity contribution is 5.02. The van der Waals surface area contributed by atoms with Crippen LogP contribution in [-0.2, 0) is 0 Å². The first-order valence-corrected chi connectivity index (χ1v) is 7.47. The van der Waals surface area contributed by atoms with E-state index in [0.717, 1.165) is 26.2 Å². The lowest BCUT2D eigenvalue weighted by molar-refractivity contribution is 0.0935. The Bertz CT molecular complexity index is 257. The molecule has 1 saturated heterocycles. The minimum Gasteiger partial charge on any atom is -0.394 e. The third kappa shape index (κ3) is 3.44. The van der Waals surface area contributed by atoms with Gasteiger partial charge in [0.1, 0.15) is 0 Å². The number of nitrogens with one attached hydrogen (secondary N) is 1. The molecule has 4 nitrogen and oxygen atoms in total. The van der Waals surface area contributed by atoms with Gasteiger partial charge in [-0.2, -0.15) is 0 Å². The Morgan fingerprint density at radius 1 is 1.22 bits per heavy atom. The van der Waals surface area contributed by atoms with Gasteiger partial charge in [-0.05, 0) is 51.9 Å². The van der Waals surface area contributed by atoms with E-state index in [1.54, 1.807) is 0 Å². The summed E-state index contributed by atoms with van der Waals surface area (Å²) in [6.07, 6.45) is 3.80. The molecule has 0 aromatic rings. The second-order valence-electron chi connectivity index (χ2n) is 6.05. The fraction of sp³-hybridized carbons (Fsp3) is 1.00. The maximum absolute atomic E-state index is 9.87. The van der Waals surface area contributed by atoms with Gasteiger partial charge in [0.15, 0.2) is 0 Å². The number of aliphatic hydroxyl groups is 1. The van der Waals surface area contributed by atoms with E-state index in [4.69, 9.17) is 0 Å². The number of hydrogen-bond acceptors (Lipinski definition) is 4. The van der Waals surface area contributed by atoms with Crippen LogP contribution in [0.2, 0.25) is 0 Å². The minimum atomic E-state index is -0.0440. The van der Waals surface area contributed by atoms with Crippen LogP contribution < -0.4 is 5.32 Å². The molecular weight excluding hydrogens is 226 g/mol. The lowest BCUT2D eigenvalue weighted by Gasteiger charge is -2.38. The van der Waals surface area contributed by atoms with Crippen LogP contribution in [0.25, 0.3) is 0 Å². The van der Waals surface area contributed by atoms with Crippen molar-refractivity contribution in [3.05, 3.63) is 0 Å². The summed E-state index contributed by atoms with van der Waals surface area (Å²) in [4.78, 5) is 4.95. The predicted molar refractivity (Wildman–Crippen MR) is 74.8 cm³/mol. The van der Waals surface area contributed by atoms with E-state index in [1.807, 2.05) is 0 Å². The highest BCUT2D eigenvalue weighted by Crippen LogP contribution is 2.40. The van der Waals surface area contributed by atoms with Crippen molar-refractivity contribution in [3.63, 3.8) is 0 Å². The summed E-state index contributed by atoms with van der Waals surface area (Å²) in [6, 6.07) is 0. The molecule has 2 rings (SSSR count). The fourth-order valence-corrected chi connectivity index (χ4v) is 3.21. The number of likely N-dealkylation sites (N-methyl/N-ethyl adjacent to an activating group) is 2. The highest BCUT2D eigenvalue weighted by atomic mass is 16.3. The molecule has 1 heterocycles. The predicted octanol–water partition coefficient (Wildman–Crippen LogP) is 0.375. The van der Waals surface area contributed by atoms with Crippen molar-refractivity contribution in [2.24, 2.45) is 5.92 Å². The largest absolute Gasteiger partial charge is 0.394 e. The van der Waals surface area contributed by atoms with Gasteiger partial charge < -0.3 is 20.2 Å². The van der Waals surface area contributed by atoms with Crippen molar-refractivity contribution in [1.29, 1.82) is 0 Å². The molecule has 0 radical (unpaired) electrons. The van der Waals surface area contributed by atoms with Crippen LogP contribution >= 0.6 is 0 Å². The van der Waals surface area contributed by atoms with E-state index in [-0.39, 0.29) is 12.1 Å². The summed E-state index contributed by atoms with van der Waals surface area (Å²) in [7, 11) is 2.20. The van der Waals surface area contributed by atoms with Crippen molar-refractivity contribution < 1.29 is 5.11 Å². The quantitative estimate of drug-likeness (QED) is 0.719. The van der Waals surface area contributed by atoms with Gasteiger partial charge in [0, 0.05) is 19.6 Å². The first kappa shape index (κ1) is 14.3. The average Bonchev–Trinajstić information content (AvgIpc) is 3.18. The lowest BCUT2D eigenvalue weighted by Crippen LogP contribution is -2.58. The fourth-order valence-electron chi connectivity index (χ4n) is 3.21. The molecule has 2 aliphatic rings. The van der Waals surface area contributed by atoms with E-state index in [1.165, 1.54) is 32.4 Å². The topological polar surface area (TPSA) is 38.7 Å². The zero-order valence-corrected chi connectivity index (χ0v) is 12.0. The first-order valence-electron chi connectivity index (χ1n) is 7.47. The summed E-state index contributed by atoms with van der Waals surface area (Å²) < 4.78 is 0. The maximum Gasteiger partial charge on any atom is 0.0628 e.